The monoisotopic (exact) mass is 479 g/mol. The lowest BCUT2D eigenvalue weighted by molar-refractivity contribution is -0.0666. The summed E-state index contributed by atoms with van der Waals surface area (Å²) in [4.78, 5) is 6.98. The van der Waals surface area contributed by atoms with Gasteiger partial charge in [-0.05, 0) is 32.4 Å². The molecule has 1 aliphatic rings. The van der Waals surface area contributed by atoms with Gasteiger partial charge in [0.05, 0.1) is 10.6 Å². The Morgan fingerprint density at radius 1 is 1.20 bits per heavy atom. The fraction of sp³-hybridized carbons (Fsp3) is 0.611. The molecule has 7 heteroatoms. The molecule has 0 bridgehead atoms. The average molecular weight is 479 g/mol. The van der Waals surface area contributed by atoms with Crippen LogP contribution in [0.15, 0.2) is 40.2 Å². The Balaban J connectivity index is 0.00000312. The second-order valence-corrected chi connectivity index (χ2v) is 9.60. The van der Waals surface area contributed by atoms with Gasteiger partial charge in [0.1, 0.15) is 0 Å². The Bertz CT molecular complexity index is 700. The van der Waals surface area contributed by atoms with Gasteiger partial charge in [0.2, 0.25) is 0 Å². The quantitative estimate of drug-likeness (QED) is 0.305. The molecule has 1 aromatic rings. The molecule has 0 saturated carbocycles. The molecule has 0 amide bonds. The van der Waals surface area contributed by atoms with E-state index >= 15 is 0 Å². The Labute approximate surface area is 169 Å². The minimum atomic E-state index is -3.21. The van der Waals surface area contributed by atoms with Crippen LogP contribution in [-0.4, -0.2) is 50.7 Å². The molecule has 0 aromatic heterocycles. The summed E-state index contributed by atoms with van der Waals surface area (Å²) in [6.45, 7) is 10.5. The van der Waals surface area contributed by atoms with Crippen LogP contribution >= 0.6 is 24.0 Å². The van der Waals surface area contributed by atoms with E-state index in [9.17, 15) is 8.42 Å². The van der Waals surface area contributed by atoms with Gasteiger partial charge < -0.3 is 10.2 Å². The van der Waals surface area contributed by atoms with Gasteiger partial charge in [-0.15, -0.1) is 24.0 Å². The van der Waals surface area contributed by atoms with Gasteiger partial charge in [0, 0.05) is 31.1 Å². The van der Waals surface area contributed by atoms with E-state index in [1.54, 1.807) is 31.3 Å². The molecule has 142 valence electrons. The number of hydrogen-bond donors (Lipinski definition) is 1. The minimum Gasteiger partial charge on any atom is -0.356 e. The molecule has 25 heavy (non-hydrogen) atoms. The highest BCUT2D eigenvalue weighted by molar-refractivity contribution is 14.0. The molecule has 1 N–H and O–H groups in total. The van der Waals surface area contributed by atoms with Crippen molar-refractivity contribution in [2.45, 2.75) is 44.6 Å². The molecule has 0 radical (unpaired) electrons. The SMILES string of the molecule is CN=C(NCCCS(=O)(=O)c1ccccc1)N1CC(C)(C)C1(C)C.I. The topological polar surface area (TPSA) is 61.8 Å². The maximum atomic E-state index is 12.3. The van der Waals surface area contributed by atoms with Crippen LogP contribution in [0.3, 0.4) is 0 Å². The van der Waals surface area contributed by atoms with Crippen molar-refractivity contribution in [2.24, 2.45) is 10.4 Å². The first-order valence-corrected chi connectivity index (χ1v) is 10.0. The zero-order chi connectivity index (χ0) is 18.0. The molecule has 1 heterocycles. The summed E-state index contributed by atoms with van der Waals surface area (Å²) in [7, 11) is -1.44. The number of nitrogens with zero attached hydrogens (tertiary/aromatic N) is 2. The van der Waals surface area contributed by atoms with Crippen LogP contribution in [0.25, 0.3) is 0 Å². The summed E-state index contributed by atoms with van der Waals surface area (Å²) >= 11 is 0. The molecule has 1 aromatic carbocycles. The highest BCUT2D eigenvalue weighted by atomic mass is 127. The lowest BCUT2D eigenvalue weighted by Crippen LogP contribution is -2.72. The third kappa shape index (κ3) is 4.67. The highest BCUT2D eigenvalue weighted by Gasteiger charge is 2.53. The summed E-state index contributed by atoms with van der Waals surface area (Å²) < 4.78 is 24.5. The smallest absolute Gasteiger partial charge is 0.194 e. The van der Waals surface area contributed by atoms with Crippen LogP contribution < -0.4 is 5.32 Å². The van der Waals surface area contributed by atoms with Crippen molar-refractivity contribution in [3.8, 4) is 0 Å². The zero-order valence-corrected chi connectivity index (χ0v) is 18.9. The normalized spacial score (nSPS) is 18.9. The number of aliphatic imine (C=N–C) groups is 1. The Hall–Kier alpha value is -0.830. The highest BCUT2D eigenvalue weighted by Crippen LogP contribution is 2.46. The third-order valence-electron chi connectivity index (χ3n) is 5.33. The number of nitrogens with one attached hydrogen (secondary N) is 1. The lowest BCUT2D eigenvalue weighted by atomic mass is 9.65. The maximum Gasteiger partial charge on any atom is 0.194 e. The lowest BCUT2D eigenvalue weighted by Gasteiger charge is -2.62. The van der Waals surface area contributed by atoms with Gasteiger partial charge in [-0.25, -0.2) is 8.42 Å². The van der Waals surface area contributed by atoms with E-state index in [4.69, 9.17) is 0 Å². The van der Waals surface area contributed by atoms with E-state index in [-0.39, 0.29) is 40.7 Å². The number of guanidine groups is 1. The number of sulfone groups is 1. The molecule has 1 aliphatic heterocycles. The van der Waals surface area contributed by atoms with Crippen molar-refractivity contribution in [2.75, 3.05) is 25.9 Å². The second-order valence-electron chi connectivity index (χ2n) is 7.49. The number of halogens is 1. The third-order valence-corrected chi connectivity index (χ3v) is 7.14. The van der Waals surface area contributed by atoms with Gasteiger partial charge in [-0.3, -0.25) is 4.99 Å². The molecule has 0 spiro atoms. The van der Waals surface area contributed by atoms with Crippen LogP contribution in [0, 0.1) is 5.41 Å². The maximum absolute atomic E-state index is 12.3. The molecule has 0 aliphatic carbocycles. The zero-order valence-electron chi connectivity index (χ0n) is 15.7. The van der Waals surface area contributed by atoms with E-state index in [0.29, 0.717) is 17.9 Å². The Kier molecular flexibility index (Phi) is 7.32. The van der Waals surface area contributed by atoms with Crippen LogP contribution in [0.5, 0.6) is 0 Å². The summed E-state index contributed by atoms with van der Waals surface area (Å²) in [6, 6.07) is 8.61. The van der Waals surface area contributed by atoms with E-state index in [1.807, 2.05) is 6.07 Å². The fourth-order valence-corrected chi connectivity index (χ4v) is 4.24. The predicted octanol–water partition coefficient (Wildman–Crippen LogP) is 3.16. The van der Waals surface area contributed by atoms with Gasteiger partial charge in [0.25, 0.3) is 0 Å². The minimum absolute atomic E-state index is 0. The van der Waals surface area contributed by atoms with Crippen molar-refractivity contribution in [3.63, 3.8) is 0 Å². The summed E-state index contributed by atoms with van der Waals surface area (Å²) in [6.07, 6.45) is 0.550. The molecule has 1 saturated heterocycles. The van der Waals surface area contributed by atoms with Crippen LogP contribution in [-0.2, 0) is 9.84 Å². The number of rotatable bonds is 5. The Morgan fingerprint density at radius 2 is 1.80 bits per heavy atom. The first-order valence-electron chi connectivity index (χ1n) is 8.38. The molecule has 0 unspecified atom stereocenters. The summed E-state index contributed by atoms with van der Waals surface area (Å²) in [5, 5.41) is 3.30. The van der Waals surface area contributed by atoms with E-state index in [0.717, 1.165) is 12.5 Å². The largest absolute Gasteiger partial charge is 0.356 e. The molecule has 0 atom stereocenters. The molecule has 5 nitrogen and oxygen atoms in total. The number of hydrogen-bond acceptors (Lipinski definition) is 3. The van der Waals surface area contributed by atoms with E-state index in [1.165, 1.54) is 0 Å². The van der Waals surface area contributed by atoms with Gasteiger partial charge >= 0.3 is 0 Å². The van der Waals surface area contributed by atoms with Crippen molar-refractivity contribution in [1.82, 2.24) is 10.2 Å². The van der Waals surface area contributed by atoms with E-state index < -0.39 is 9.84 Å². The molecular formula is C18H30IN3O2S. The van der Waals surface area contributed by atoms with Crippen molar-refractivity contribution in [1.29, 1.82) is 0 Å². The van der Waals surface area contributed by atoms with Crippen LogP contribution in [0.1, 0.15) is 34.1 Å². The van der Waals surface area contributed by atoms with Crippen molar-refractivity contribution < 1.29 is 8.42 Å². The molecular weight excluding hydrogens is 449 g/mol. The van der Waals surface area contributed by atoms with Crippen molar-refractivity contribution >= 4 is 39.8 Å². The predicted molar refractivity (Wildman–Crippen MR) is 114 cm³/mol. The average Bonchev–Trinajstić information content (AvgIpc) is 2.54. The van der Waals surface area contributed by atoms with Gasteiger partial charge in [-0.2, -0.15) is 0 Å². The standard InChI is InChI=1S/C18H29N3O2S.HI/c1-17(2)14-21(18(17,3)4)16(19-5)20-12-9-13-24(22,23)15-10-7-6-8-11-15;/h6-8,10-11H,9,12-14H2,1-5H3,(H,19,20);1H. The molecule has 2 rings (SSSR count). The van der Waals surface area contributed by atoms with Crippen LogP contribution in [0.4, 0.5) is 0 Å². The second kappa shape index (κ2) is 8.24. The number of likely N-dealkylation sites (tertiary alicyclic amines) is 1. The van der Waals surface area contributed by atoms with Crippen molar-refractivity contribution in [3.05, 3.63) is 30.3 Å². The summed E-state index contributed by atoms with van der Waals surface area (Å²) in [5.41, 5.74) is 0.270. The molecule has 1 fully saturated rings. The van der Waals surface area contributed by atoms with Gasteiger partial charge in [0.15, 0.2) is 15.8 Å². The first kappa shape index (κ1) is 22.2. The summed E-state index contributed by atoms with van der Waals surface area (Å²) in [5.74, 6) is 0.979. The Morgan fingerprint density at radius 3 is 2.28 bits per heavy atom. The van der Waals surface area contributed by atoms with E-state index in [2.05, 4.69) is 42.9 Å². The van der Waals surface area contributed by atoms with Crippen LogP contribution in [0.2, 0.25) is 0 Å². The van der Waals surface area contributed by atoms with Gasteiger partial charge in [-0.1, -0.05) is 32.0 Å². The first-order chi connectivity index (χ1) is 11.1. The number of benzene rings is 1. The fourth-order valence-electron chi connectivity index (χ4n) is 2.90.